The first-order chi connectivity index (χ1) is 9.79. The van der Waals surface area contributed by atoms with E-state index < -0.39 is 10.0 Å². The van der Waals surface area contributed by atoms with E-state index >= 15 is 0 Å². The summed E-state index contributed by atoms with van der Waals surface area (Å²) < 4.78 is 29.9. The molecule has 0 amide bonds. The second kappa shape index (κ2) is 5.09. The van der Waals surface area contributed by atoms with Crippen LogP contribution in [0, 0.1) is 31.6 Å². The zero-order chi connectivity index (χ0) is 15.4. The predicted molar refractivity (Wildman–Crippen MR) is 81.4 cm³/mol. The maximum Gasteiger partial charge on any atom is 0.244 e. The summed E-state index contributed by atoms with van der Waals surface area (Å²) in [7, 11) is -1.71. The van der Waals surface area contributed by atoms with Gasteiger partial charge in [-0.05, 0) is 57.8 Å². The summed E-state index contributed by atoms with van der Waals surface area (Å²) >= 11 is 0. The Hall–Kier alpha value is -0.880. The van der Waals surface area contributed by atoms with Crippen LogP contribution in [0.1, 0.15) is 44.0 Å². The summed E-state index contributed by atoms with van der Waals surface area (Å²) in [6.45, 7) is 5.57. The number of sulfonamides is 1. The van der Waals surface area contributed by atoms with Crippen LogP contribution in [0.25, 0.3) is 0 Å². The van der Waals surface area contributed by atoms with Crippen molar-refractivity contribution in [2.45, 2.75) is 57.4 Å². The molecule has 2 aliphatic carbocycles. The Morgan fingerprint density at radius 3 is 2.48 bits per heavy atom. The number of nitrogens with one attached hydrogen (secondary N) is 1. The molecule has 0 aromatic carbocycles. The Morgan fingerprint density at radius 2 is 2.00 bits per heavy atom. The van der Waals surface area contributed by atoms with Gasteiger partial charge in [-0.15, -0.1) is 0 Å². The number of nitrogens with zero attached hydrogens (tertiary/aromatic N) is 2. The molecule has 2 bridgehead atoms. The molecule has 3 rings (SSSR count). The molecule has 0 radical (unpaired) electrons. The third-order valence-electron chi connectivity index (χ3n) is 5.49. The van der Waals surface area contributed by atoms with Crippen molar-refractivity contribution in [2.24, 2.45) is 24.8 Å². The fourth-order valence-electron chi connectivity index (χ4n) is 4.44. The van der Waals surface area contributed by atoms with E-state index in [9.17, 15) is 8.42 Å². The smallest absolute Gasteiger partial charge is 0.244 e. The van der Waals surface area contributed by atoms with Crippen LogP contribution < -0.4 is 4.72 Å². The van der Waals surface area contributed by atoms with Gasteiger partial charge < -0.3 is 0 Å². The monoisotopic (exact) mass is 311 g/mol. The summed E-state index contributed by atoms with van der Waals surface area (Å²) in [6, 6.07) is 0.00399. The van der Waals surface area contributed by atoms with E-state index in [1.807, 2.05) is 6.92 Å². The van der Waals surface area contributed by atoms with Crippen molar-refractivity contribution in [1.82, 2.24) is 14.5 Å². The quantitative estimate of drug-likeness (QED) is 0.926. The topological polar surface area (TPSA) is 64.0 Å². The summed E-state index contributed by atoms with van der Waals surface area (Å²) in [6.07, 6.45) is 5.08. The first-order valence-corrected chi connectivity index (χ1v) is 9.30. The lowest BCUT2D eigenvalue weighted by Gasteiger charge is -2.28. The minimum absolute atomic E-state index is 0.00399. The van der Waals surface area contributed by atoms with Crippen molar-refractivity contribution in [3.8, 4) is 0 Å². The van der Waals surface area contributed by atoms with Crippen molar-refractivity contribution in [2.75, 3.05) is 0 Å². The molecule has 2 aliphatic rings. The highest BCUT2D eigenvalue weighted by Gasteiger charge is 2.43. The third kappa shape index (κ3) is 2.52. The summed E-state index contributed by atoms with van der Waals surface area (Å²) in [5, 5.41) is 4.22. The van der Waals surface area contributed by atoms with Crippen molar-refractivity contribution in [1.29, 1.82) is 0 Å². The first kappa shape index (κ1) is 15.0. The van der Waals surface area contributed by atoms with Gasteiger partial charge in [-0.3, -0.25) is 4.68 Å². The molecule has 2 fully saturated rings. The molecule has 2 saturated carbocycles. The minimum Gasteiger partial charge on any atom is -0.271 e. The first-order valence-electron chi connectivity index (χ1n) is 7.82. The van der Waals surface area contributed by atoms with E-state index in [2.05, 4.69) is 9.82 Å². The van der Waals surface area contributed by atoms with Gasteiger partial charge in [-0.1, -0.05) is 6.42 Å². The zero-order valence-corrected chi connectivity index (χ0v) is 14.1. The molecule has 0 unspecified atom stereocenters. The van der Waals surface area contributed by atoms with Crippen LogP contribution in [0.2, 0.25) is 0 Å². The van der Waals surface area contributed by atoms with Crippen LogP contribution in [-0.4, -0.2) is 24.2 Å². The number of aromatic nitrogens is 2. The van der Waals surface area contributed by atoms with Gasteiger partial charge in [-0.2, -0.15) is 5.10 Å². The van der Waals surface area contributed by atoms with Crippen molar-refractivity contribution >= 4 is 10.0 Å². The normalized spacial score (nSPS) is 30.0. The molecule has 0 aliphatic heterocycles. The van der Waals surface area contributed by atoms with Gasteiger partial charge in [-0.25, -0.2) is 13.1 Å². The molecule has 1 aromatic heterocycles. The molecule has 21 heavy (non-hydrogen) atoms. The van der Waals surface area contributed by atoms with Crippen LogP contribution in [-0.2, 0) is 17.1 Å². The second-order valence-electron chi connectivity index (χ2n) is 6.87. The Bertz CT molecular complexity index is 650. The maximum absolute atomic E-state index is 12.7. The highest BCUT2D eigenvalue weighted by Crippen LogP contribution is 2.49. The fourth-order valence-corrected chi connectivity index (χ4v) is 6.17. The largest absolute Gasteiger partial charge is 0.271 e. The third-order valence-corrected chi connectivity index (χ3v) is 7.30. The lowest BCUT2D eigenvalue weighted by molar-refractivity contribution is 0.280. The number of fused-ring (bicyclic) bond motifs is 2. The number of rotatable bonds is 4. The molecular formula is C15H25N3O2S. The van der Waals surface area contributed by atoms with E-state index in [1.165, 1.54) is 25.7 Å². The van der Waals surface area contributed by atoms with Crippen LogP contribution in [0.3, 0.4) is 0 Å². The second-order valence-corrected chi connectivity index (χ2v) is 8.52. The summed E-state index contributed by atoms with van der Waals surface area (Å²) in [5.41, 5.74) is 1.27. The molecule has 5 nitrogen and oxygen atoms in total. The molecule has 0 saturated heterocycles. The van der Waals surface area contributed by atoms with Gasteiger partial charge in [0.1, 0.15) is 4.90 Å². The lowest BCUT2D eigenvalue weighted by atomic mass is 9.84. The van der Waals surface area contributed by atoms with Crippen molar-refractivity contribution in [3.63, 3.8) is 0 Å². The SMILES string of the molecule is Cc1nn(C)c(C)c1S(=O)(=O)N[C@@H](C)[C@H]1C[C@@H]2CC[C@@H]1C2. The highest BCUT2D eigenvalue weighted by atomic mass is 32.2. The lowest BCUT2D eigenvalue weighted by Crippen LogP contribution is -2.40. The Kier molecular flexibility index (Phi) is 3.64. The Morgan fingerprint density at radius 1 is 1.29 bits per heavy atom. The maximum atomic E-state index is 12.7. The zero-order valence-electron chi connectivity index (χ0n) is 13.3. The van der Waals surface area contributed by atoms with Crippen molar-refractivity contribution < 1.29 is 8.42 Å². The van der Waals surface area contributed by atoms with Crippen LogP contribution in [0.15, 0.2) is 4.90 Å². The van der Waals surface area contributed by atoms with Gasteiger partial charge in [0.25, 0.3) is 0 Å². The van der Waals surface area contributed by atoms with E-state index in [-0.39, 0.29) is 6.04 Å². The molecule has 6 heteroatoms. The highest BCUT2D eigenvalue weighted by molar-refractivity contribution is 7.89. The van der Waals surface area contributed by atoms with Gasteiger partial charge >= 0.3 is 0 Å². The van der Waals surface area contributed by atoms with Gasteiger partial charge in [0.2, 0.25) is 10.0 Å². The Balaban J connectivity index is 1.80. The molecule has 1 heterocycles. The number of aryl methyl sites for hydroxylation is 2. The number of hydrogen-bond donors (Lipinski definition) is 1. The van der Waals surface area contributed by atoms with Gasteiger partial charge in [0.05, 0.1) is 11.4 Å². The van der Waals surface area contributed by atoms with E-state index in [0.717, 1.165) is 5.92 Å². The Labute approximate surface area is 127 Å². The van der Waals surface area contributed by atoms with Crippen molar-refractivity contribution in [3.05, 3.63) is 11.4 Å². The average Bonchev–Trinajstić information content (AvgIpc) is 3.04. The molecular weight excluding hydrogens is 286 g/mol. The summed E-state index contributed by atoms with van der Waals surface area (Å²) in [5.74, 6) is 2.04. The molecule has 0 spiro atoms. The number of hydrogen-bond acceptors (Lipinski definition) is 3. The van der Waals surface area contributed by atoms with E-state index in [4.69, 9.17) is 0 Å². The van der Waals surface area contributed by atoms with E-state index in [0.29, 0.717) is 28.1 Å². The van der Waals surface area contributed by atoms with Crippen LogP contribution in [0.5, 0.6) is 0 Å². The minimum atomic E-state index is -3.49. The molecule has 118 valence electrons. The van der Waals surface area contributed by atoms with Gasteiger partial charge in [0.15, 0.2) is 0 Å². The molecule has 1 N–H and O–H groups in total. The van der Waals surface area contributed by atoms with Gasteiger partial charge in [0, 0.05) is 13.1 Å². The average molecular weight is 311 g/mol. The fraction of sp³-hybridized carbons (Fsp3) is 0.800. The standard InChI is InChI=1S/C15H25N3O2S/c1-9(14-8-12-5-6-13(14)7-12)17-21(19,20)15-10(2)16-18(4)11(15)3/h9,12-14,17H,5-8H2,1-4H3/t9-,12+,13+,14+/m0/s1. The van der Waals surface area contributed by atoms with Crippen LogP contribution in [0.4, 0.5) is 0 Å². The van der Waals surface area contributed by atoms with E-state index in [1.54, 1.807) is 25.6 Å². The molecule has 4 atom stereocenters. The van der Waals surface area contributed by atoms with Crippen LogP contribution >= 0.6 is 0 Å². The predicted octanol–water partition coefficient (Wildman–Crippen LogP) is 2.14. The summed E-state index contributed by atoms with van der Waals surface area (Å²) in [4.78, 5) is 0.347. The molecule has 1 aromatic rings.